The topological polar surface area (TPSA) is 141 Å². The molecular formula is C34H32ClF2N5O5. The summed E-state index contributed by atoms with van der Waals surface area (Å²) in [5.41, 5.74) is 5.34. The van der Waals surface area contributed by atoms with Crippen LogP contribution in [0.1, 0.15) is 78.7 Å². The van der Waals surface area contributed by atoms with Crippen LogP contribution < -0.4 is 20.5 Å². The summed E-state index contributed by atoms with van der Waals surface area (Å²) in [4.78, 5) is 31.0. The lowest BCUT2D eigenvalue weighted by Crippen LogP contribution is -2.44. The maximum Gasteiger partial charge on any atom is 0.251 e. The smallest absolute Gasteiger partial charge is 0.251 e. The summed E-state index contributed by atoms with van der Waals surface area (Å²) in [5, 5.41) is 19.4. The molecule has 2 atom stereocenters. The number of nitrogens with one attached hydrogen (secondary N) is 1. The predicted molar refractivity (Wildman–Crippen MR) is 166 cm³/mol. The maximum absolute atomic E-state index is 14.6. The second-order valence-electron chi connectivity index (χ2n) is 13.4. The highest BCUT2D eigenvalue weighted by atomic mass is 35.5. The minimum Gasteiger partial charge on any atom is -0.489 e. The number of halogens is 3. The predicted octanol–water partition coefficient (Wildman–Crippen LogP) is 4.91. The molecule has 3 aliphatic carbocycles. The first-order valence-corrected chi connectivity index (χ1v) is 16.2. The van der Waals surface area contributed by atoms with Gasteiger partial charge in [0.15, 0.2) is 11.6 Å². The number of carbonyl (C=O) groups excluding carboxylic acids is 2. The lowest BCUT2D eigenvalue weighted by Gasteiger charge is -2.30. The summed E-state index contributed by atoms with van der Waals surface area (Å²) in [6.07, 6.45) is 5.44. The van der Waals surface area contributed by atoms with E-state index < -0.39 is 39.5 Å². The standard InChI is InChI=1S/C34H32ClF2N5O5/c1-33(32(38)44)15-46-30-22(33)13-25(40-29(30)21-8-9-23(36)28(37)27(21)35)34(45,18-4-5-18)14-39-31(43)17-10-19-12-24(16-2-3-16)41-42(19)26(11-17)47-20-6-7-20/h8-13,16,18,20,45H,2-7,14-15H2,1H3,(H2,38,44)(H,39,43)/t33-,34+/m0/s1. The van der Waals surface area contributed by atoms with Crippen LogP contribution in [0.2, 0.25) is 5.02 Å². The van der Waals surface area contributed by atoms with Gasteiger partial charge in [-0.25, -0.2) is 18.3 Å². The minimum atomic E-state index is -1.70. The van der Waals surface area contributed by atoms with Gasteiger partial charge in [-0.15, -0.1) is 0 Å². The monoisotopic (exact) mass is 663 g/mol. The summed E-state index contributed by atoms with van der Waals surface area (Å²) in [6.45, 7) is 1.25. The van der Waals surface area contributed by atoms with Crippen molar-refractivity contribution < 1.29 is 33.0 Å². The second-order valence-corrected chi connectivity index (χ2v) is 13.8. The normalized spacial score (nSPS) is 21.6. The molecular weight excluding hydrogens is 632 g/mol. The Morgan fingerprint density at radius 3 is 2.62 bits per heavy atom. The fourth-order valence-corrected chi connectivity index (χ4v) is 6.50. The fourth-order valence-electron chi connectivity index (χ4n) is 6.26. The molecule has 3 aromatic heterocycles. The van der Waals surface area contributed by atoms with Crippen molar-refractivity contribution >= 4 is 28.9 Å². The van der Waals surface area contributed by atoms with Crippen molar-refractivity contribution in [1.29, 1.82) is 0 Å². The molecule has 4 aromatic rings. The SMILES string of the molecule is C[C@]1(C(N)=O)COc2c1cc([C@@](O)(CNC(=O)c1cc(OC3CC3)n3nc(C4CC4)cc3c1)C1CC1)nc2-c1ccc(F)c(F)c1Cl. The van der Waals surface area contributed by atoms with Crippen molar-refractivity contribution in [3.05, 3.63) is 75.6 Å². The number of benzene rings is 1. The quantitative estimate of drug-likeness (QED) is 0.205. The number of nitrogens with two attached hydrogens (primary N) is 1. The molecule has 4 N–H and O–H groups in total. The van der Waals surface area contributed by atoms with Crippen LogP contribution in [-0.2, 0) is 15.8 Å². The molecule has 10 nitrogen and oxygen atoms in total. The van der Waals surface area contributed by atoms with Crippen molar-refractivity contribution in [2.45, 2.75) is 68.5 Å². The molecule has 0 spiro atoms. The van der Waals surface area contributed by atoms with Crippen molar-refractivity contribution in [1.82, 2.24) is 19.9 Å². The molecule has 0 saturated heterocycles. The van der Waals surface area contributed by atoms with E-state index in [0.29, 0.717) is 35.8 Å². The summed E-state index contributed by atoms with van der Waals surface area (Å²) in [5.74, 6) is -2.77. The first kappa shape index (κ1) is 30.1. The van der Waals surface area contributed by atoms with Crippen LogP contribution in [0.4, 0.5) is 8.78 Å². The van der Waals surface area contributed by atoms with Crippen LogP contribution >= 0.6 is 11.6 Å². The fraction of sp³-hybridized carbons (Fsp3) is 0.412. The van der Waals surface area contributed by atoms with Crippen LogP contribution in [0.3, 0.4) is 0 Å². The van der Waals surface area contributed by atoms with Gasteiger partial charge in [0.2, 0.25) is 11.8 Å². The molecule has 3 saturated carbocycles. The van der Waals surface area contributed by atoms with Crippen molar-refractivity contribution in [2.24, 2.45) is 11.7 Å². The third kappa shape index (κ3) is 5.09. The van der Waals surface area contributed by atoms with E-state index in [4.69, 9.17) is 36.9 Å². The Kier molecular flexibility index (Phi) is 6.79. The van der Waals surface area contributed by atoms with Crippen LogP contribution in [-0.4, -0.2) is 50.8 Å². The van der Waals surface area contributed by atoms with Gasteiger partial charge in [0, 0.05) is 28.7 Å². The number of amides is 2. The zero-order valence-electron chi connectivity index (χ0n) is 25.5. The third-order valence-corrected chi connectivity index (χ3v) is 10.1. The average Bonchev–Trinajstić information content (AvgIpc) is 3.93. The Bertz CT molecular complexity index is 1990. The number of aromatic nitrogens is 3. The first-order valence-electron chi connectivity index (χ1n) is 15.8. The van der Waals surface area contributed by atoms with Crippen LogP contribution in [0.25, 0.3) is 16.8 Å². The third-order valence-electron chi connectivity index (χ3n) is 9.74. The number of primary amides is 1. The Hall–Kier alpha value is -4.29. The molecule has 1 aliphatic heterocycles. The van der Waals surface area contributed by atoms with E-state index in [1.165, 1.54) is 6.07 Å². The molecule has 3 fully saturated rings. The second kappa shape index (κ2) is 10.6. The Labute approximate surface area is 273 Å². The van der Waals surface area contributed by atoms with Crippen LogP contribution in [0.15, 0.2) is 36.4 Å². The Balaban J connectivity index is 1.17. The summed E-state index contributed by atoms with van der Waals surface area (Å²) in [7, 11) is 0. The van der Waals surface area contributed by atoms with Crippen LogP contribution in [0.5, 0.6) is 11.6 Å². The van der Waals surface area contributed by atoms with Crippen molar-refractivity contribution in [3.8, 4) is 22.9 Å². The van der Waals surface area contributed by atoms with E-state index >= 15 is 0 Å². The van der Waals surface area contributed by atoms with Gasteiger partial charge in [0.1, 0.15) is 35.2 Å². The highest BCUT2D eigenvalue weighted by molar-refractivity contribution is 6.33. The molecule has 0 bridgehead atoms. The number of hydrogen-bond acceptors (Lipinski definition) is 7. The number of fused-ring (bicyclic) bond motifs is 2. The lowest BCUT2D eigenvalue weighted by atomic mass is 9.81. The molecule has 244 valence electrons. The molecule has 13 heteroatoms. The summed E-state index contributed by atoms with van der Waals surface area (Å²) in [6, 6.07) is 9.11. The van der Waals surface area contributed by atoms with Gasteiger partial charge < -0.3 is 25.6 Å². The van der Waals surface area contributed by atoms with Gasteiger partial charge in [-0.2, -0.15) is 5.10 Å². The molecule has 4 heterocycles. The maximum atomic E-state index is 14.6. The number of ether oxygens (including phenoxy) is 2. The molecule has 47 heavy (non-hydrogen) atoms. The molecule has 4 aliphatic rings. The van der Waals surface area contributed by atoms with E-state index in [1.54, 1.807) is 29.6 Å². The minimum absolute atomic E-state index is 0.0161. The van der Waals surface area contributed by atoms with Crippen molar-refractivity contribution in [2.75, 3.05) is 13.2 Å². The van der Waals surface area contributed by atoms with E-state index in [-0.39, 0.29) is 47.9 Å². The number of carbonyl (C=O) groups is 2. The number of pyridine rings is 2. The summed E-state index contributed by atoms with van der Waals surface area (Å²) >= 11 is 6.25. The van der Waals surface area contributed by atoms with Gasteiger partial charge in [-0.05, 0) is 81.7 Å². The highest BCUT2D eigenvalue weighted by Crippen LogP contribution is 2.51. The number of nitrogens with zero attached hydrogens (tertiary/aromatic N) is 3. The Morgan fingerprint density at radius 1 is 1.17 bits per heavy atom. The van der Waals surface area contributed by atoms with E-state index in [0.717, 1.165) is 43.0 Å². The van der Waals surface area contributed by atoms with Crippen molar-refractivity contribution in [3.63, 3.8) is 0 Å². The molecule has 0 radical (unpaired) electrons. The summed E-state index contributed by atoms with van der Waals surface area (Å²) < 4.78 is 42.4. The van der Waals surface area contributed by atoms with Gasteiger partial charge in [-0.1, -0.05) is 11.6 Å². The zero-order chi connectivity index (χ0) is 32.8. The Morgan fingerprint density at radius 2 is 1.94 bits per heavy atom. The largest absolute Gasteiger partial charge is 0.489 e. The molecule has 8 rings (SSSR count). The van der Waals surface area contributed by atoms with Gasteiger partial charge in [0.05, 0.1) is 28.5 Å². The number of hydrogen-bond donors (Lipinski definition) is 3. The molecule has 1 aromatic carbocycles. The van der Waals surface area contributed by atoms with E-state index in [9.17, 15) is 23.5 Å². The van der Waals surface area contributed by atoms with Crippen LogP contribution in [0, 0.1) is 17.6 Å². The molecule has 0 unspecified atom stereocenters. The van der Waals surface area contributed by atoms with Gasteiger partial charge in [-0.3, -0.25) is 9.59 Å². The number of rotatable bonds is 10. The highest BCUT2D eigenvalue weighted by Gasteiger charge is 2.50. The zero-order valence-corrected chi connectivity index (χ0v) is 26.2. The first-order chi connectivity index (χ1) is 22.5. The van der Waals surface area contributed by atoms with Gasteiger partial charge in [0.25, 0.3) is 5.91 Å². The van der Waals surface area contributed by atoms with E-state index in [2.05, 4.69) is 5.32 Å². The van der Waals surface area contributed by atoms with E-state index in [1.807, 2.05) is 6.07 Å². The number of aliphatic hydroxyl groups is 1. The lowest BCUT2D eigenvalue weighted by molar-refractivity contribution is -0.123. The average molecular weight is 664 g/mol. The van der Waals surface area contributed by atoms with Gasteiger partial charge >= 0.3 is 0 Å². The molecule has 2 amide bonds.